The normalized spacial score (nSPS) is 13.3. The van der Waals surface area contributed by atoms with Gasteiger partial charge in [-0.25, -0.2) is 4.98 Å². The molecular weight excluding hydrogens is 322 g/mol. The molecule has 0 aliphatic heterocycles. The quantitative estimate of drug-likeness (QED) is 0.615. The van der Waals surface area contributed by atoms with E-state index in [9.17, 15) is 5.11 Å². The minimum atomic E-state index is -1.32. The monoisotopic (exact) mass is 341 g/mol. The molecule has 4 rings (SSSR count). The average Bonchev–Trinajstić information content (AvgIpc) is 3.11. The molecule has 1 unspecified atom stereocenters. The summed E-state index contributed by atoms with van der Waals surface area (Å²) >= 11 is 0. The van der Waals surface area contributed by atoms with Gasteiger partial charge in [-0.05, 0) is 23.3 Å². The number of pyridine rings is 1. The molecule has 2 heterocycles. The zero-order valence-corrected chi connectivity index (χ0v) is 14.4. The third kappa shape index (κ3) is 2.61. The fourth-order valence-corrected chi connectivity index (χ4v) is 3.34. The Morgan fingerprint density at radius 1 is 0.808 bits per heavy atom. The standard InChI is InChI=1S/C22H19N3O/c1-25-20(16-24-21(25)17-8-4-2-5-9-17)22(26,18-10-6-3-7-11-18)19-12-14-23-15-13-19/h2-16,26H,1H3. The van der Waals surface area contributed by atoms with Gasteiger partial charge in [0.25, 0.3) is 0 Å². The fraction of sp³-hybridized carbons (Fsp3) is 0.0909. The summed E-state index contributed by atoms with van der Waals surface area (Å²) in [6, 6.07) is 23.3. The number of nitrogens with zero attached hydrogens (tertiary/aromatic N) is 3. The van der Waals surface area contributed by atoms with E-state index in [1.165, 1.54) is 0 Å². The van der Waals surface area contributed by atoms with E-state index in [0.29, 0.717) is 5.69 Å². The first-order chi connectivity index (χ1) is 12.7. The van der Waals surface area contributed by atoms with Gasteiger partial charge in [-0.1, -0.05) is 60.7 Å². The van der Waals surface area contributed by atoms with Gasteiger partial charge in [-0.15, -0.1) is 0 Å². The molecule has 0 amide bonds. The Morgan fingerprint density at radius 3 is 2.04 bits per heavy atom. The number of hydrogen-bond donors (Lipinski definition) is 1. The Morgan fingerprint density at radius 2 is 1.38 bits per heavy atom. The molecule has 2 aromatic heterocycles. The Hall–Kier alpha value is -3.24. The number of rotatable bonds is 4. The van der Waals surface area contributed by atoms with Crippen molar-refractivity contribution < 1.29 is 5.11 Å². The van der Waals surface area contributed by atoms with Crippen LogP contribution in [0.5, 0.6) is 0 Å². The van der Waals surface area contributed by atoms with Gasteiger partial charge in [0, 0.05) is 25.0 Å². The summed E-state index contributed by atoms with van der Waals surface area (Å²) in [6.45, 7) is 0. The van der Waals surface area contributed by atoms with Gasteiger partial charge in [0.15, 0.2) is 5.60 Å². The predicted molar refractivity (Wildman–Crippen MR) is 101 cm³/mol. The molecule has 4 heteroatoms. The van der Waals surface area contributed by atoms with Crippen molar-refractivity contribution in [3.8, 4) is 11.4 Å². The van der Waals surface area contributed by atoms with Crippen LogP contribution in [0.4, 0.5) is 0 Å². The van der Waals surface area contributed by atoms with E-state index in [1.807, 2.05) is 84.4 Å². The first kappa shape index (κ1) is 16.2. The maximum atomic E-state index is 11.9. The zero-order valence-electron chi connectivity index (χ0n) is 14.4. The molecule has 4 nitrogen and oxygen atoms in total. The van der Waals surface area contributed by atoms with Gasteiger partial charge in [-0.2, -0.15) is 0 Å². The summed E-state index contributed by atoms with van der Waals surface area (Å²) in [5.41, 5.74) is 1.93. The highest BCUT2D eigenvalue weighted by molar-refractivity contribution is 5.57. The molecule has 1 N–H and O–H groups in total. The molecular formula is C22H19N3O. The van der Waals surface area contributed by atoms with Crippen LogP contribution in [0.25, 0.3) is 11.4 Å². The molecule has 0 saturated carbocycles. The van der Waals surface area contributed by atoms with Crippen molar-refractivity contribution >= 4 is 0 Å². The SMILES string of the molecule is Cn1c(C(O)(c2ccccc2)c2ccncc2)cnc1-c1ccccc1. The van der Waals surface area contributed by atoms with Crippen LogP contribution in [0.1, 0.15) is 16.8 Å². The topological polar surface area (TPSA) is 50.9 Å². The second kappa shape index (κ2) is 6.58. The van der Waals surface area contributed by atoms with Crippen molar-refractivity contribution in [2.24, 2.45) is 7.05 Å². The molecule has 26 heavy (non-hydrogen) atoms. The Kier molecular flexibility index (Phi) is 4.11. The van der Waals surface area contributed by atoms with Crippen LogP contribution in [0.15, 0.2) is 91.4 Å². The van der Waals surface area contributed by atoms with Crippen molar-refractivity contribution in [1.82, 2.24) is 14.5 Å². The van der Waals surface area contributed by atoms with Crippen molar-refractivity contribution in [3.05, 3.63) is 108 Å². The number of benzene rings is 2. The van der Waals surface area contributed by atoms with Crippen LogP contribution in [0.3, 0.4) is 0 Å². The molecule has 0 spiro atoms. The lowest BCUT2D eigenvalue weighted by Crippen LogP contribution is -2.31. The van der Waals surface area contributed by atoms with E-state index in [1.54, 1.807) is 18.6 Å². The average molecular weight is 341 g/mol. The van der Waals surface area contributed by atoms with Crippen LogP contribution < -0.4 is 0 Å². The third-order valence-corrected chi connectivity index (χ3v) is 4.68. The predicted octanol–water partition coefficient (Wildman–Crippen LogP) is 3.77. The van der Waals surface area contributed by atoms with Gasteiger partial charge in [0.1, 0.15) is 5.82 Å². The molecule has 1 atom stereocenters. The van der Waals surface area contributed by atoms with Crippen LogP contribution in [0.2, 0.25) is 0 Å². The highest BCUT2D eigenvalue weighted by Crippen LogP contribution is 2.37. The lowest BCUT2D eigenvalue weighted by molar-refractivity contribution is 0.117. The molecule has 0 bridgehead atoms. The molecule has 2 aromatic carbocycles. The number of imidazole rings is 1. The molecule has 0 aliphatic rings. The maximum absolute atomic E-state index is 11.9. The van der Waals surface area contributed by atoms with E-state index >= 15 is 0 Å². The van der Waals surface area contributed by atoms with E-state index in [4.69, 9.17) is 0 Å². The summed E-state index contributed by atoms with van der Waals surface area (Å²) in [6.07, 6.45) is 5.13. The number of aromatic nitrogens is 3. The number of hydrogen-bond acceptors (Lipinski definition) is 3. The van der Waals surface area contributed by atoms with Crippen LogP contribution in [0, 0.1) is 0 Å². The smallest absolute Gasteiger partial charge is 0.157 e. The lowest BCUT2D eigenvalue weighted by Gasteiger charge is -2.29. The Balaban J connectivity index is 1.93. The van der Waals surface area contributed by atoms with Gasteiger partial charge < -0.3 is 9.67 Å². The Bertz CT molecular complexity index is 956. The minimum Gasteiger partial charge on any atom is -0.374 e. The molecule has 0 aliphatic carbocycles. The Labute approximate surface area is 152 Å². The lowest BCUT2D eigenvalue weighted by atomic mass is 9.84. The summed E-state index contributed by atoms with van der Waals surface area (Å²) in [5.74, 6) is 0.809. The molecule has 0 radical (unpaired) electrons. The molecule has 0 saturated heterocycles. The molecule has 0 fully saturated rings. The van der Waals surface area contributed by atoms with Gasteiger partial charge in [0.2, 0.25) is 0 Å². The van der Waals surface area contributed by atoms with Gasteiger partial charge in [0.05, 0.1) is 11.9 Å². The second-order valence-corrected chi connectivity index (χ2v) is 6.20. The zero-order chi connectivity index (χ0) is 18.0. The van der Waals surface area contributed by atoms with E-state index in [-0.39, 0.29) is 0 Å². The summed E-state index contributed by atoms with van der Waals surface area (Å²) in [5, 5.41) is 11.9. The van der Waals surface area contributed by atoms with Crippen LogP contribution >= 0.6 is 0 Å². The molecule has 4 aromatic rings. The third-order valence-electron chi connectivity index (χ3n) is 4.68. The first-order valence-corrected chi connectivity index (χ1v) is 8.47. The fourth-order valence-electron chi connectivity index (χ4n) is 3.34. The van der Waals surface area contributed by atoms with Crippen LogP contribution in [-0.4, -0.2) is 19.6 Å². The first-order valence-electron chi connectivity index (χ1n) is 8.47. The number of aliphatic hydroxyl groups is 1. The summed E-state index contributed by atoms with van der Waals surface area (Å²) < 4.78 is 1.95. The van der Waals surface area contributed by atoms with E-state index in [0.717, 1.165) is 22.5 Å². The van der Waals surface area contributed by atoms with Crippen molar-refractivity contribution in [2.75, 3.05) is 0 Å². The van der Waals surface area contributed by atoms with Gasteiger partial charge >= 0.3 is 0 Å². The minimum absolute atomic E-state index is 0.703. The van der Waals surface area contributed by atoms with E-state index < -0.39 is 5.60 Å². The van der Waals surface area contributed by atoms with Crippen molar-refractivity contribution in [2.45, 2.75) is 5.60 Å². The van der Waals surface area contributed by atoms with E-state index in [2.05, 4.69) is 9.97 Å². The molecule has 128 valence electrons. The van der Waals surface area contributed by atoms with Crippen molar-refractivity contribution in [3.63, 3.8) is 0 Å². The summed E-state index contributed by atoms with van der Waals surface area (Å²) in [7, 11) is 1.93. The maximum Gasteiger partial charge on any atom is 0.157 e. The highest BCUT2D eigenvalue weighted by Gasteiger charge is 2.37. The summed E-state index contributed by atoms with van der Waals surface area (Å²) in [4.78, 5) is 8.68. The van der Waals surface area contributed by atoms with Crippen LogP contribution in [-0.2, 0) is 12.6 Å². The second-order valence-electron chi connectivity index (χ2n) is 6.20. The largest absolute Gasteiger partial charge is 0.374 e. The van der Waals surface area contributed by atoms with Crippen molar-refractivity contribution in [1.29, 1.82) is 0 Å². The highest BCUT2D eigenvalue weighted by atomic mass is 16.3. The van der Waals surface area contributed by atoms with Gasteiger partial charge in [-0.3, -0.25) is 4.98 Å².